The molecule has 0 amide bonds. The Bertz CT molecular complexity index is 757. The van der Waals surface area contributed by atoms with Crippen LogP contribution in [0.5, 0.6) is 0 Å². The molecule has 14 nitrogen and oxygen atoms in total. The maximum absolute atomic E-state index is 11.4. The van der Waals surface area contributed by atoms with Crippen molar-refractivity contribution >= 4 is 80.3 Å². The van der Waals surface area contributed by atoms with Gasteiger partial charge in [0, 0.05) is 14.2 Å². The maximum Gasteiger partial charge on any atom is 0.483 e. The van der Waals surface area contributed by atoms with Crippen LogP contribution in [-0.4, -0.2) is 123 Å². The second-order valence-corrected chi connectivity index (χ2v) is 65.7. The van der Waals surface area contributed by atoms with Crippen LogP contribution in [-0.2, 0) is 35.6 Å². The highest BCUT2D eigenvalue weighted by Gasteiger charge is 2.91. The first kappa shape index (κ1) is 37.6. The molecule has 0 fully saturated rings. The van der Waals surface area contributed by atoms with Gasteiger partial charge in [-0.3, -0.25) is 0 Å². The van der Waals surface area contributed by atoms with E-state index in [0.29, 0.717) is 0 Å². The van der Waals surface area contributed by atoms with Gasteiger partial charge in [0.25, 0.3) is 0 Å². The van der Waals surface area contributed by atoms with Crippen LogP contribution in [0, 0.1) is 0 Å². The largest absolute Gasteiger partial charge is 0.542 e. The molecular formula is C12H34O14Si10. The van der Waals surface area contributed by atoms with Gasteiger partial charge in [-0.25, -0.2) is 0 Å². The topological polar surface area (TPSA) is 242 Å². The van der Waals surface area contributed by atoms with E-state index in [2.05, 4.69) is 38.3 Å². The van der Waals surface area contributed by atoms with Crippen LogP contribution in [0.1, 0.15) is 19.3 Å². The summed E-state index contributed by atoms with van der Waals surface area (Å²) in [7, 11) is -25.4. The van der Waals surface area contributed by atoms with Gasteiger partial charge in [-0.05, 0) is 51.0 Å². The third-order valence-electron chi connectivity index (χ3n) is 5.63. The summed E-state index contributed by atoms with van der Waals surface area (Å²) in [6.07, 6.45) is -2.59. The van der Waals surface area contributed by atoms with Gasteiger partial charge in [0.2, 0.25) is 0 Å². The fourth-order valence-corrected chi connectivity index (χ4v) is 96.1. The summed E-state index contributed by atoms with van der Waals surface area (Å²) < 4.78 is 78.7. The number of hydrogen-bond donors (Lipinski definition) is 6. The number of hydrogen-bond acceptors (Lipinski definition) is 8. The molecule has 1 aliphatic carbocycles. The molecule has 1 aliphatic rings. The Balaban J connectivity index is 0. The zero-order valence-electron chi connectivity index (χ0n) is 20.9. The highest BCUT2D eigenvalue weighted by atomic mass is 30.4. The summed E-state index contributed by atoms with van der Waals surface area (Å²) in [5, 5.41) is 0. The van der Waals surface area contributed by atoms with Crippen LogP contribution in [0.25, 0.3) is 0 Å². The minimum Gasteiger partial charge on any atom is -0.542 e. The van der Waals surface area contributed by atoms with Crippen molar-refractivity contribution in [3.8, 4) is 0 Å². The van der Waals surface area contributed by atoms with Gasteiger partial charge in [0.1, 0.15) is 0 Å². The van der Waals surface area contributed by atoms with Gasteiger partial charge in [0.15, 0.2) is 17.4 Å². The molecule has 36 heavy (non-hydrogen) atoms. The molecule has 0 saturated heterocycles. The second-order valence-electron chi connectivity index (χ2n) is 8.39. The second kappa shape index (κ2) is 16.4. The van der Waals surface area contributed by atoms with Crippen LogP contribution in [0.4, 0.5) is 0 Å². The van der Waals surface area contributed by atoms with Crippen molar-refractivity contribution in [1.29, 1.82) is 0 Å². The van der Waals surface area contributed by atoms with Crippen molar-refractivity contribution in [1.82, 2.24) is 0 Å². The molecule has 0 aromatic carbocycles. The molecule has 24 heteroatoms. The molecule has 1 unspecified atom stereocenters. The van der Waals surface area contributed by atoms with Crippen LogP contribution in [0.15, 0.2) is 12.2 Å². The Morgan fingerprint density at radius 2 is 1.06 bits per heavy atom. The number of rotatable bonds is 10. The third kappa shape index (κ3) is 8.74. The lowest BCUT2D eigenvalue weighted by molar-refractivity contribution is 0.391. The summed E-state index contributed by atoms with van der Waals surface area (Å²) in [5.74, 6) is 0. The van der Waals surface area contributed by atoms with Crippen LogP contribution < -0.4 is 0 Å². The summed E-state index contributed by atoms with van der Waals surface area (Å²) >= 11 is 0. The van der Waals surface area contributed by atoms with Crippen molar-refractivity contribution < 1.29 is 64.4 Å². The Labute approximate surface area is 221 Å². The van der Waals surface area contributed by atoms with E-state index in [1.54, 1.807) is 7.11 Å². The van der Waals surface area contributed by atoms with Gasteiger partial charge in [-0.15, -0.1) is 0 Å². The molecule has 1 atom stereocenters. The predicted octanol–water partition coefficient (Wildman–Crippen LogP) is -3.54. The van der Waals surface area contributed by atoms with Crippen molar-refractivity contribution in [3.05, 3.63) is 12.2 Å². The molecule has 0 spiro atoms. The Morgan fingerprint density at radius 3 is 1.22 bits per heavy atom. The van der Waals surface area contributed by atoms with Gasteiger partial charge < -0.3 is 64.4 Å². The fraction of sp³-hybridized carbons (Fsp3) is 0.833. The maximum atomic E-state index is 11.4. The first-order valence-corrected chi connectivity index (χ1v) is 35.4. The van der Waals surface area contributed by atoms with E-state index in [9.17, 15) is 26.8 Å². The van der Waals surface area contributed by atoms with E-state index in [-0.39, 0.29) is 0 Å². The fourth-order valence-electron chi connectivity index (χ4n) is 3.05. The molecular weight excluding hydrogens is 649 g/mol. The zero-order valence-corrected chi connectivity index (χ0v) is 31.0. The lowest BCUT2D eigenvalue weighted by atomic mass is 10.1. The van der Waals surface area contributed by atoms with Crippen molar-refractivity contribution in [2.24, 2.45) is 0 Å². The van der Waals surface area contributed by atoms with Crippen molar-refractivity contribution in [2.45, 2.75) is 51.0 Å². The van der Waals surface area contributed by atoms with E-state index >= 15 is 0 Å². The lowest BCUT2D eigenvalue weighted by Crippen LogP contribution is -2.91. The summed E-state index contributed by atoms with van der Waals surface area (Å²) in [6.45, 7) is 8.88. The zero-order chi connectivity index (χ0) is 29.1. The van der Waals surface area contributed by atoms with Gasteiger partial charge in [0.05, 0.1) is 0 Å². The molecule has 0 aromatic rings. The molecule has 1 rings (SSSR count). The monoisotopic (exact) mass is 682 g/mol. The van der Waals surface area contributed by atoms with Gasteiger partial charge in [-0.1, -0.05) is 12.2 Å². The van der Waals surface area contributed by atoms with Crippen LogP contribution >= 0.6 is 0 Å². The van der Waals surface area contributed by atoms with E-state index in [1.807, 2.05) is 7.11 Å². The standard InChI is InChI=1S/C9H18OSi.C3H10OSi.H6O12Si8/c1-10-11(2,3)9-7-5-4-6-8-9;1-4-5(2)3;1-13(2)19(14(3)4,15(5)6)20(16(7)8,17(9)10)18(11)12/h5,7,9H,4,6,8H2,1-3H3;5H,1-3H3;1,3,5,7,9,11H. The Morgan fingerprint density at radius 1 is 0.750 bits per heavy atom. The Kier molecular flexibility index (Phi) is 17.1. The molecule has 0 aliphatic heterocycles. The van der Waals surface area contributed by atoms with E-state index in [0.717, 1.165) is 5.54 Å². The van der Waals surface area contributed by atoms with Crippen LogP contribution in [0.3, 0.4) is 0 Å². The Hall–Kier alpha value is -0.571. The minimum absolute atomic E-state index is 0.650. The van der Waals surface area contributed by atoms with Gasteiger partial charge in [-0.2, -0.15) is 0 Å². The molecule has 0 radical (unpaired) electrons. The normalized spacial score (nSPS) is 15.5. The highest BCUT2D eigenvalue weighted by Crippen LogP contribution is 2.32. The summed E-state index contributed by atoms with van der Waals surface area (Å²) in [5.41, 5.74) is 0.751. The predicted molar refractivity (Wildman–Crippen MR) is 141 cm³/mol. The highest BCUT2D eigenvalue weighted by molar-refractivity contribution is 8.14. The molecule has 6 N–H and O–H groups in total. The summed E-state index contributed by atoms with van der Waals surface area (Å²) in [6, 6.07) is 0. The summed E-state index contributed by atoms with van der Waals surface area (Å²) in [4.78, 5) is 54.9. The first-order valence-electron chi connectivity index (χ1n) is 10.5. The SMILES string of the molecule is CO[SiH](C)C.CO[Si](C)(C)C1C=CCCC1.O=[Si](O)[Si]([Si](=O)O)([Si](=O)O)[Si]([Si](=O)O)([Si](=O)O)[Si](=O)O. The molecule has 0 heterocycles. The molecule has 0 saturated carbocycles. The minimum atomic E-state index is -5.60. The number of allylic oxidation sites excluding steroid dienone is 2. The van der Waals surface area contributed by atoms with Crippen LogP contribution in [0.2, 0.25) is 31.7 Å². The molecule has 0 bridgehead atoms. The average Bonchev–Trinajstić information content (AvgIpc) is 2.76. The first-order chi connectivity index (χ1) is 16.3. The lowest BCUT2D eigenvalue weighted by Gasteiger charge is -2.30. The molecule has 206 valence electrons. The van der Waals surface area contributed by atoms with Crippen molar-refractivity contribution in [2.75, 3.05) is 14.2 Å². The van der Waals surface area contributed by atoms with Crippen molar-refractivity contribution in [3.63, 3.8) is 0 Å². The van der Waals surface area contributed by atoms with E-state index < -0.39 is 80.3 Å². The average molecular weight is 683 g/mol. The smallest absolute Gasteiger partial charge is 0.483 e. The molecule has 0 aromatic heterocycles. The van der Waals surface area contributed by atoms with E-state index in [4.69, 9.17) is 37.6 Å². The third-order valence-corrected chi connectivity index (χ3v) is 105. The van der Waals surface area contributed by atoms with E-state index in [1.165, 1.54) is 19.3 Å². The van der Waals surface area contributed by atoms with Gasteiger partial charge >= 0.3 is 63.0 Å². The quantitative estimate of drug-likeness (QED) is 0.0966.